The molecule has 0 aliphatic heterocycles. The average molecular weight is 413 g/mol. The molecule has 0 amide bonds. The Bertz CT molecular complexity index is 1790. The van der Waals surface area contributed by atoms with Crippen LogP contribution in [0, 0.1) is 0 Å². The van der Waals surface area contributed by atoms with Gasteiger partial charge in [-0.2, -0.15) is 0 Å². The zero-order valence-corrected chi connectivity index (χ0v) is 17.8. The molecule has 0 bridgehead atoms. The maximum atomic E-state index is 12.2. The minimum Gasteiger partial charge on any atom is -0.350 e. The Kier molecular flexibility index (Phi) is 3.30. The summed E-state index contributed by atoms with van der Waals surface area (Å²) in [4.78, 5) is 0. The molecule has 148 valence electrons. The summed E-state index contributed by atoms with van der Waals surface area (Å²) in [5, 5.41) is 9.58. The maximum Gasteiger partial charge on any atom is 0.190 e. The Morgan fingerprint density at radius 3 is 1.77 bits per heavy atom. The first-order valence-corrected chi connectivity index (χ1v) is 11.8. The second kappa shape index (κ2) is 5.64. The number of sulfone groups is 1. The summed E-state index contributed by atoms with van der Waals surface area (Å²) in [6, 6.07) is 21.1. The Morgan fingerprint density at radius 2 is 1.13 bits per heavy atom. The summed E-state index contributed by atoms with van der Waals surface area (Å²) in [5.74, 6) is 0. The van der Waals surface area contributed by atoms with E-state index in [1.807, 2.05) is 13.1 Å². The van der Waals surface area contributed by atoms with Crippen molar-refractivity contribution in [3.05, 3.63) is 66.9 Å². The lowest BCUT2D eigenvalue weighted by atomic mass is 9.95. The Labute approximate surface area is 173 Å². The molecule has 0 atom stereocenters. The van der Waals surface area contributed by atoms with E-state index >= 15 is 0 Å². The molecule has 6 rings (SSSR count). The Hall–Kier alpha value is -3.31. The van der Waals surface area contributed by atoms with Gasteiger partial charge in [0, 0.05) is 48.1 Å². The molecule has 0 aliphatic carbocycles. The van der Waals surface area contributed by atoms with Crippen LogP contribution in [0.25, 0.3) is 54.1 Å². The predicted molar refractivity (Wildman–Crippen MR) is 125 cm³/mol. The van der Waals surface area contributed by atoms with Gasteiger partial charge in [0.25, 0.3) is 0 Å². The van der Waals surface area contributed by atoms with Crippen LogP contribution in [0.15, 0.2) is 71.9 Å². The molecule has 5 heteroatoms. The highest BCUT2D eigenvalue weighted by molar-refractivity contribution is 7.90. The van der Waals surface area contributed by atoms with E-state index in [0.29, 0.717) is 5.03 Å². The number of hydrogen-bond donors (Lipinski definition) is 0. The van der Waals surface area contributed by atoms with Gasteiger partial charge in [-0.1, -0.05) is 48.5 Å². The van der Waals surface area contributed by atoms with Gasteiger partial charge >= 0.3 is 0 Å². The smallest absolute Gasteiger partial charge is 0.190 e. The average Bonchev–Trinajstić information content (AvgIpc) is 3.27. The Morgan fingerprint density at radius 1 is 0.633 bits per heavy atom. The van der Waals surface area contributed by atoms with E-state index in [2.05, 4.69) is 66.3 Å². The molecule has 0 unspecified atom stereocenters. The van der Waals surface area contributed by atoms with E-state index in [1.54, 1.807) is 10.6 Å². The van der Waals surface area contributed by atoms with E-state index < -0.39 is 9.84 Å². The topological polar surface area (TPSA) is 44.0 Å². The highest BCUT2D eigenvalue weighted by Crippen LogP contribution is 2.37. The monoisotopic (exact) mass is 412 g/mol. The van der Waals surface area contributed by atoms with Crippen molar-refractivity contribution in [2.24, 2.45) is 14.1 Å². The van der Waals surface area contributed by atoms with E-state index in [0.717, 1.165) is 21.7 Å². The van der Waals surface area contributed by atoms with Gasteiger partial charge in [-0.25, -0.2) is 8.42 Å². The standard InChI is InChI=1S/C25H20N2O2S/c1-26-13-12-15-4-6-19-17-9-11-22-20(18(17)8-10-21(19)24(15)26)7-5-16-14-23(30(3,28)29)27(2)25(16)22/h4-14H,1-3H3. The second-order valence-electron chi connectivity index (χ2n) is 8.16. The molecule has 0 radical (unpaired) electrons. The number of nitrogens with zero attached hydrogens (tertiary/aromatic N) is 2. The number of rotatable bonds is 1. The van der Waals surface area contributed by atoms with Crippen molar-refractivity contribution in [1.29, 1.82) is 0 Å². The molecule has 6 aromatic rings. The zero-order valence-electron chi connectivity index (χ0n) is 17.0. The van der Waals surface area contributed by atoms with Crippen molar-refractivity contribution in [2.45, 2.75) is 5.03 Å². The molecule has 0 N–H and O–H groups in total. The van der Waals surface area contributed by atoms with Crippen LogP contribution in [0.2, 0.25) is 0 Å². The second-order valence-corrected chi connectivity index (χ2v) is 10.1. The third-order valence-electron chi connectivity index (χ3n) is 6.36. The van der Waals surface area contributed by atoms with E-state index in [1.165, 1.54) is 38.7 Å². The summed E-state index contributed by atoms with van der Waals surface area (Å²) in [7, 11) is 0.615. The maximum absolute atomic E-state index is 12.2. The first-order valence-electron chi connectivity index (χ1n) is 9.86. The highest BCUT2D eigenvalue weighted by atomic mass is 32.2. The molecular formula is C25H20N2O2S. The fourth-order valence-corrected chi connectivity index (χ4v) is 5.95. The number of aromatic nitrogens is 2. The molecule has 0 saturated heterocycles. The summed E-state index contributed by atoms with van der Waals surface area (Å²) in [6.07, 6.45) is 3.36. The molecule has 30 heavy (non-hydrogen) atoms. The lowest BCUT2D eigenvalue weighted by Crippen LogP contribution is -2.03. The highest BCUT2D eigenvalue weighted by Gasteiger charge is 2.17. The first-order chi connectivity index (χ1) is 14.3. The summed E-state index contributed by atoms with van der Waals surface area (Å²) in [5.41, 5.74) is 2.19. The number of fused-ring (bicyclic) bond motifs is 9. The quantitative estimate of drug-likeness (QED) is 0.333. The van der Waals surface area contributed by atoms with Gasteiger partial charge in [0.1, 0.15) is 5.03 Å². The van der Waals surface area contributed by atoms with Crippen LogP contribution in [-0.4, -0.2) is 23.8 Å². The Balaban J connectivity index is 1.78. The molecule has 0 spiro atoms. The number of aryl methyl sites for hydroxylation is 2. The SMILES string of the molecule is Cn1ccc2ccc3c4ccc5c(ccc6cc(S(C)(=O)=O)n(C)c65)c4ccc3c21. The fourth-order valence-electron chi connectivity index (χ4n) is 5.02. The number of benzene rings is 4. The summed E-state index contributed by atoms with van der Waals surface area (Å²) >= 11 is 0. The van der Waals surface area contributed by atoms with Crippen molar-refractivity contribution < 1.29 is 8.42 Å². The van der Waals surface area contributed by atoms with Gasteiger partial charge in [-0.05, 0) is 33.7 Å². The van der Waals surface area contributed by atoms with E-state index in [4.69, 9.17) is 0 Å². The van der Waals surface area contributed by atoms with Gasteiger partial charge in [-0.3, -0.25) is 0 Å². The van der Waals surface area contributed by atoms with Gasteiger partial charge in [-0.15, -0.1) is 0 Å². The van der Waals surface area contributed by atoms with Crippen molar-refractivity contribution in [3.8, 4) is 0 Å². The van der Waals surface area contributed by atoms with Crippen LogP contribution in [-0.2, 0) is 23.9 Å². The third kappa shape index (κ3) is 2.18. The fraction of sp³-hybridized carbons (Fsp3) is 0.120. The van der Waals surface area contributed by atoms with Gasteiger partial charge in [0.2, 0.25) is 0 Å². The molecule has 0 fully saturated rings. The number of hydrogen-bond acceptors (Lipinski definition) is 2. The van der Waals surface area contributed by atoms with Crippen molar-refractivity contribution in [1.82, 2.24) is 9.13 Å². The lowest BCUT2D eigenvalue weighted by molar-refractivity contribution is 0.593. The summed E-state index contributed by atoms with van der Waals surface area (Å²) < 4.78 is 28.4. The zero-order chi connectivity index (χ0) is 20.8. The van der Waals surface area contributed by atoms with Crippen LogP contribution >= 0.6 is 0 Å². The normalized spacial score (nSPS) is 12.8. The molecule has 4 nitrogen and oxygen atoms in total. The van der Waals surface area contributed by atoms with Gasteiger partial charge in [0.15, 0.2) is 9.84 Å². The third-order valence-corrected chi connectivity index (χ3v) is 7.51. The first kappa shape index (κ1) is 17.5. The lowest BCUT2D eigenvalue weighted by Gasteiger charge is -2.11. The van der Waals surface area contributed by atoms with Crippen molar-refractivity contribution in [2.75, 3.05) is 6.26 Å². The molecule has 0 aliphatic rings. The van der Waals surface area contributed by atoms with E-state index in [-0.39, 0.29) is 0 Å². The minimum atomic E-state index is -3.29. The van der Waals surface area contributed by atoms with Crippen LogP contribution < -0.4 is 0 Å². The van der Waals surface area contributed by atoms with Crippen LogP contribution in [0.4, 0.5) is 0 Å². The van der Waals surface area contributed by atoms with Crippen LogP contribution in [0.3, 0.4) is 0 Å². The summed E-state index contributed by atoms with van der Waals surface area (Å²) in [6.45, 7) is 0. The van der Waals surface area contributed by atoms with Gasteiger partial charge < -0.3 is 9.13 Å². The van der Waals surface area contributed by atoms with Crippen LogP contribution in [0.1, 0.15) is 0 Å². The minimum absolute atomic E-state index is 0.342. The van der Waals surface area contributed by atoms with E-state index in [9.17, 15) is 8.42 Å². The molecule has 4 aromatic carbocycles. The van der Waals surface area contributed by atoms with Crippen LogP contribution in [0.5, 0.6) is 0 Å². The molecular weight excluding hydrogens is 392 g/mol. The largest absolute Gasteiger partial charge is 0.350 e. The van der Waals surface area contributed by atoms with Crippen molar-refractivity contribution >= 4 is 64.0 Å². The molecule has 2 aromatic heterocycles. The van der Waals surface area contributed by atoms with Crippen molar-refractivity contribution in [3.63, 3.8) is 0 Å². The molecule has 0 saturated carbocycles. The molecule has 2 heterocycles. The predicted octanol–water partition coefficient (Wildman–Crippen LogP) is 5.53. The van der Waals surface area contributed by atoms with Gasteiger partial charge in [0.05, 0.1) is 11.0 Å².